The summed E-state index contributed by atoms with van der Waals surface area (Å²) in [7, 11) is -3.56. The summed E-state index contributed by atoms with van der Waals surface area (Å²) in [6, 6.07) is 12.1. The summed E-state index contributed by atoms with van der Waals surface area (Å²) >= 11 is 0. The van der Waals surface area contributed by atoms with E-state index < -0.39 is 16.1 Å². The van der Waals surface area contributed by atoms with Gasteiger partial charge >= 0.3 is 0 Å². The Bertz CT molecular complexity index is 893. The molecule has 0 bridgehead atoms. The second-order valence-corrected chi connectivity index (χ2v) is 7.47. The van der Waals surface area contributed by atoms with Crippen molar-refractivity contribution in [2.24, 2.45) is 0 Å². The average molecular weight is 346 g/mol. The molecule has 3 rings (SSSR count). The molecule has 1 aliphatic rings. The van der Waals surface area contributed by atoms with E-state index in [1.165, 1.54) is 0 Å². The van der Waals surface area contributed by atoms with Crippen molar-refractivity contribution in [2.75, 3.05) is 10.0 Å². The van der Waals surface area contributed by atoms with Gasteiger partial charge in [0.15, 0.2) is 6.10 Å². The first-order valence-corrected chi connectivity index (χ1v) is 9.16. The summed E-state index contributed by atoms with van der Waals surface area (Å²) in [4.78, 5) is 11.7. The van der Waals surface area contributed by atoms with Crippen LogP contribution in [-0.2, 0) is 20.6 Å². The van der Waals surface area contributed by atoms with Crippen LogP contribution in [0, 0.1) is 6.92 Å². The Balaban J connectivity index is 1.80. The number of aryl methyl sites for hydroxylation is 1. The third-order valence-corrected chi connectivity index (χ3v) is 5.03. The Morgan fingerprint density at radius 1 is 1.21 bits per heavy atom. The zero-order chi connectivity index (χ0) is 17.3. The van der Waals surface area contributed by atoms with E-state index in [2.05, 4.69) is 10.0 Å². The highest BCUT2D eigenvalue weighted by molar-refractivity contribution is 7.91. The van der Waals surface area contributed by atoms with E-state index in [1.54, 1.807) is 31.2 Å². The predicted octanol–water partition coefficient (Wildman–Crippen LogP) is 2.66. The van der Waals surface area contributed by atoms with E-state index in [0.717, 1.165) is 11.1 Å². The van der Waals surface area contributed by atoms with Gasteiger partial charge < -0.3 is 10.1 Å². The molecule has 126 valence electrons. The SMILES string of the molecule is Cc1ccccc1CS(=O)(=O)Nc1ccc2c(c1)NC(=O)C(C)O2. The summed E-state index contributed by atoms with van der Waals surface area (Å²) in [6.07, 6.45) is -0.568. The lowest BCUT2D eigenvalue weighted by Gasteiger charge is -2.23. The van der Waals surface area contributed by atoms with Gasteiger partial charge in [-0.3, -0.25) is 9.52 Å². The quantitative estimate of drug-likeness (QED) is 0.891. The minimum Gasteiger partial charge on any atom is -0.479 e. The number of nitrogens with one attached hydrogen (secondary N) is 2. The normalized spacial score (nSPS) is 16.8. The lowest BCUT2D eigenvalue weighted by Crippen LogP contribution is -2.34. The van der Waals surface area contributed by atoms with Crippen LogP contribution >= 0.6 is 0 Å². The van der Waals surface area contributed by atoms with Crippen LogP contribution in [0.4, 0.5) is 11.4 Å². The number of carbonyl (C=O) groups is 1. The molecule has 1 amide bonds. The van der Waals surface area contributed by atoms with Gasteiger partial charge in [-0.1, -0.05) is 24.3 Å². The van der Waals surface area contributed by atoms with Crippen LogP contribution in [0.5, 0.6) is 5.75 Å². The number of sulfonamides is 1. The summed E-state index contributed by atoms with van der Waals surface area (Å²) in [5, 5.41) is 2.70. The Morgan fingerprint density at radius 2 is 1.96 bits per heavy atom. The fraction of sp³-hybridized carbons (Fsp3) is 0.235. The highest BCUT2D eigenvalue weighted by Gasteiger charge is 2.24. The first-order valence-electron chi connectivity index (χ1n) is 7.51. The van der Waals surface area contributed by atoms with Gasteiger partial charge in [0, 0.05) is 0 Å². The lowest BCUT2D eigenvalue weighted by atomic mass is 10.1. The van der Waals surface area contributed by atoms with Crippen LogP contribution < -0.4 is 14.8 Å². The minimum atomic E-state index is -3.56. The van der Waals surface area contributed by atoms with Crippen molar-refractivity contribution in [1.29, 1.82) is 0 Å². The first kappa shape index (κ1) is 16.3. The van der Waals surface area contributed by atoms with Gasteiger partial charge in [-0.25, -0.2) is 8.42 Å². The minimum absolute atomic E-state index is 0.114. The van der Waals surface area contributed by atoms with Gasteiger partial charge in [0.05, 0.1) is 17.1 Å². The van der Waals surface area contributed by atoms with Crippen molar-refractivity contribution in [3.8, 4) is 5.75 Å². The number of benzene rings is 2. The maximum atomic E-state index is 12.4. The molecule has 0 spiro atoms. The predicted molar refractivity (Wildman–Crippen MR) is 92.6 cm³/mol. The second-order valence-electron chi connectivity index (χ2n) is 5.75. The Kier molecular flexibility index (Phi) is 4.19. The number of fused-ring (bicyclic) bond motifs is 1. The number of ether oxygens (including phenoxy) is 1. The monoisotopic (exact) mass is 346 g/mol. The number of carbonyl (C=O) groups excluding carboxylic acids is 1. The van der Waals surface area contributed by atoms with Crippen molar-refractivity contribution in [1.82, 2.24) is 0 Å². The second kappa shape index (κ2) is 6.16. The van der Waals surface area contributed by atoms with E-state index in [4.69, 9.17) is 4.74 Å². The van der Waals surface area contributed by atoms with Crippen LogP contribution in [0.3, 0.4) is 0 Å². The summed E-state index contributed by atoms with van der Waals surface area (Å²) in [5.74, 6) is 0.141. The zero-order valence-corrected chi connectivity index (χ0v) is 14.2. The van der Waals surface area contributed by atoms with Gasteiger partial charge in [0.2, 0.25) is 10.0 Å². The standard InChI is InChI=1S/C17H18N2O4S/c1-11-5-3-4-6-13(11)10-24(21,22)19-14-7-8-16-15(9-14)18-17(20)12(2)23-16/h3-9,12,19H,10H2,1-2H3,(H,18,20). The Hall–Kier alpha value is -2.54. The molecule has 1 atom stereocenters. The molecule has 0 radical (unpaired) electrons. The number of amides is 1. The van der Waals surface area contributed by atoms with Crippen molar-refractivity contribution in [3.63, 3.8) is 0 Å². The molecule has 2 aromatic carbocycles. The number of anilines is 2. The van der Waals surface area contributed by atoms with Crippen molar-refractivity contribution in [2.45, 2.75) is 25.7 Å². The molecule has 1 unspecified atom stereocenters. The van der Waals surface area contributed by atoms with E-state index in [1.807, 2.05) is 25.1 Å². The molecule has 6 nitrogen and oxygen atoms in total. The highest BCUT2D eigenvalue weighted by atomic mass is 32.2. The summed E-state index contributed by atoms with van der Waals surface area (Å²) < 4.78 is 32.7. The van der Waals surface area contributed by atoms with Gasteiger partial charge in [-0.05, 0) is 43.2 Å². The molecular formula is C17H18N2O4S. The number of hydrogen-bond donors (Lipinski definition) is 2. The van der Waals surface area contributed by atoms with Gasteiger partial charge in [0.25, 0.3) is 5.91 Å². The van der Waals surface area contributed by atoms with Gasteiger partial charge in [0.1, 0.15) is 5.75 Å². The van der Waals surface area contributed by atoms with Crippen molar-refractivity contribution in [3.05, 3.63) is 53.6 Å². The topological polar surface area (TPSA) is 84.5 Å². The summed E-state index contributed by atoms with van der Waals surface area (Å²) in [5.41, 5.74) is 2.49. The van der Waals surface area contributed by atoms with Crippen LogP contribution in [0.15, 0.2) is 42.5 Å². The third kappa shape index (κ3) is 3.51. The Labute approximate surface area is 140 Å². The molecule has 2 N–H and O–H groups in total. The molecule has 24 heavy (non-hydrogen) atoms. The smallest absolute Gasteiger partial charge is 0.265 e. The van der Waals surface area contributed by atoms with Crippen LogP contribution in [-0.4, -0.2) is 20.4 Å². The maximum absolute atomic E-state index is 12.4. The van der Waals surface area contributed by atoms with Gasteiger partial charge in [-0.2, -0.15) is 0 Å². The van der Waals surface area contributed by atoms with Crippen molar-refractivity contribution < 1.29 is 17.9 Å². The average Bonchev–Trinajstić information content (AvgIpc) is 2.50. The summed E-state index contributed by atoms with van der Waals surface area (Å²) in [6.45, 7) is 3.52. The first-order chi connectivity index (χ1) is 11.3. The molecule has 0 saturated carbocycles. The third-order valence-electron chi connectivity index (χ3n) is 3.79. The molecule has 7 heteroatoms. The fourth-order valence-electron chi connectivity index (χ4n) is 2.46. The molecular weight excluding hydrogens is 328 g/mol. The zero-order valence-electron chi connectivity index (χ0n) is 13.4. The molecule has 0 aliphatic carbocycles. The Morgan fingerprint density at radius 3 is 2.71 bits per heavy atom. The molecule has 0 aromatic heterocycles. The lowest BCUT2D eigenvalue weighted by molar-refractivity contribution is -0.122. The van der Waals surface area contributed by atoms with Crippen molar-refractivity contribution >= 4 is 27.3 Å². The highest BCUT2D eigenvalue weighted by Crippen LogP contribution is 2.32. The van der Waals surface area contributed by atoms with Crippen LogP contribution in [0.1, 0.15) is 18.1 Å². The van der Waals surface area contributed by atoms with E-state index in [9.17, 15) is 13.2 Å². The van der Waals surface area contributed by atoms with Crippen LogP contribution in [0.2, 0.25) is 0 Å². The molecule has 0 saturated heterocycles. The maximum Gasteiger partial charge on any atom is 0.265 e. The van der Waals surface area contributed by atoms with Crippen LogP contribution in [0.25, 0.3) is 0 Å². The molecule has 1 heterocycles. The van der Waals surface area contributed by atoms with E-state index in [0.29, 0.717) is 17.1 Å². The molecule has 0 fully saturated rings. The van der Waals surface area contributed by atoms with Gasteiger partial charge in [-0.15, -0.1) is 0 Å². The largest absolute Gasteiger partial charge is 0.479 e. The number of hydrogen-bond acceptors (Lipinski definition) is 4. The molecule has 2 aromatic rings. The van der Waals surface area contributed by atoms with E-state index in [-0.39, 0.29) is 11.7 Å². The molecule has 1 aliphatic heterocycles. The fourth-order valence-corrected chi connectivity index (χ4v) is 3.76. The number of rotatable bonds is 4. The van der Waals surface area contributed by atoms with E-state index >= 15 is 0 Å².